The maximum absolute atomic E-state index is 5.85. The van der Waals surface area contributed by atoms with Gasteiger partial charge >= 0.3 is 0 Å². The highest BCUT2D eigenvalue weighted by Crippen LogP contribution is 2.12. The summed E-state index contributed by atoms with van der Waals surface area (Å²) in [4.78, 5) is 0. The van der Waals surface area contributed by atoms with Crippen molar-refractivity contribution in [2.24, 2.45) is 0 Å². The van der Waals surface area contributed by atoms with Gasteiger partial charge in [0.25, 0.3) is 0 Å². The van der Waals surface area contributed by atoms with Gasteiger partial charge in [-0.25, -0.2) is 4.68 Å². The molecule has 0 saturated heterocycles. The Balaban J connectivity index is 1.95. The first kappa shape index (κ1) is 13.1. The largest absolute Gasteiger partial charge is 0.383 e. The fourth-order valence-corrected chi connectivity index (χ4v) is 1.71. The fourth-order valence-electron chi connectivity index (χ4n) is 1.58. The monoisotopic (exact) mass is 265 g/mol. The number of nitrogens with zero attached hydrogens (tertiary/aromatic N) is 2. The van der Waals surface area contributed by atoms with Crippen LogP contribution in [0.4, 0.5) is 0 Å². The summed E-state index contributed by atoms with van der Waals surface area (Å²) in [6.45, 7) is 2.27. The van der Waals surface area contributed by atoms with E-state index in [1.807, 2.05) is 41.2 Å². The fraction of sp³-hybridized carbons (Fsp3) is 0.308. The van der Waals surface area contributed by atoms with Crippen LogP contribution in [-0.4, -0.2) is 30.0 Å². The van der Waals surface area contributed by atoms with Crippen LogP contribution in [-0.2, 0) is 11.3 Å². The molecule has 4 nitrogen and oxygen atoms in total. The van der Waals surface area contributed by atoms with E-state index < -0.39 is 0 Å². The van der Waals surface area contributed by atoms with Crippen molar-refractivity contribution < 1.29 is 4.74 Å². The van der Waals surface area contributed by atoms with Gasteiger partial charge in [-0.1, -0.05) is 11.6 Å². The predicted molar refractivity (Wildman–Crippen MR) is 72.2 cm³/mol. The Kier molecular flexibility index (Phi) is 4.75. The predicted octanol–water partition coefficient (Wildman–Crippen LogP) is 2.26. The number of rotatable bonds is 6. The molecule has 0 spiro atoms. The molecule has 1 aromatic heterocycles. The summed E-state index contributed by atoms with van der Waals surface area (Å²) in [7, 11) is 1.69. The van der Waals surface area contributed by atoms with E-state index in [9.17, 15) is 0 Å². The third-order valence-corrected chi connectivity index (χ3v) is 2.78. The Bertz CT molecular complexity index is 481. The molecule has 0 unspecified atom stereocenters. The number of hydrogen-bond acceptors (Lipinski definition) is 3. The molecule has 0 aliphatic carbocycles. The van der Waals surface area contributed by atoms with Gasteiger partial charge in [-0.3, -0.25) is 0 Å². The maximum atomic E-state index is 5.85. The van der Waals surface area contributed by atoms with Crippen molar-refractivity contribution in [3.63, 3.8) is 0 Å². The van der Waals surface area contributed by atoms with Gasteiger partial charge in [-0.15, -0.1) is 0 Å². The average molecular weight is 266 g/mol. The van der Waals surface area contributed by atoms with E-state index in [4.69, 9.17) is 16.3 Å². The minimum atomic E-state index is 0.706. The molecule has 2 rings (SSSR count). The average Bonchev–Trinajstić information content (AvgIpc) is 2.84. The van der Waals surface area contributed by atoms with Crippen LogP contribution in [0.1, 0.15) is 5.69 Å². The quantitative estimate of drug-likeness (QED) is 0.815. The molecule has 2 aromatic rings. The molecule has 0 amide bonds. The van der Waals surface area contributed by atoms with Crippen LogP contribution < -0.4 is 5.32 Å². The van der Waals surface area contributed by atoms with Crippen LogP contribution in [0.15, 0.2) is 36.5 Å². The van der Waals surface area contributed by atoms with E-state index in [-0.39, 0.29) is 0 Å². The summed E-state index contributed by atoms with van der Waals surface area (Å²) in [6, 6.07) is 9.59. The van der Waals surface area contributed by atoms with E-state index in [2.05, 4.69) is 10.4 Å². The van der Waals surface area contributed by atoms with Gasteiger partial charge < -0.3 is 10.1 Å². The highest BCUT2D eigenvalue weighted by molar-refractivity contribution is 6.30. The Morgan fingerprint density at radius 2 is 2.06 bits per heavy atom. The van der Waals surface area contributed by atoms with Crippen molar-refractivity contribution in [1.82, 2.24) is 15.1 Å². The zero-order valence-electron chi connectivity index (χ0n) is 10.3. The van der Waals surface area contributed by atoms with Crippen LogP contribution in [0.2, 0.25) is 5.02 Å². The third kappa shape index (κ3) is 3.57. The molecular formula is C13H16ClN3O. The Hall–Kier alpha value is -1.36. The minimum absolute atomic E-state index is 0.706. The summed E-state index contributed by atoms with van der Waals surface area (Å²) in [5.41, 5.74) is 2.00. The maximum Gasteiger partial charge on any atom is 0.0766 e. The van der Waals surface area contributed by atoms with Crippen molar-refractivity contribution in [3.05, 3.63) is 47.2 Å². The van der Waals surface area contributed by atoms with Gasteiger partial charge in [0.2, 0.25) is 0 Å². The molecule has 96 valence electrons. The molecular weight excluding hydrogens is 250 g/mol. The van der Waals surface area contributed by atoms with Crippen LogP contribution in [0.5, 0.6) is 0 Å². The van der Waals surface area contributed by atoms with Gasteiger partial charge in [-0.2, -0.15) is 5.10 Å². The zero-order valence-corrected chi connectivity index (χ0v) is 11.0. The lowest BCUT2D eigenvalue weighted by molar-refractivity contribution is 0.199. The number of methoxy groups -OCH3 is 1. The standard InChI is InChI=1S/C13H16ClN3O/c1-18-9-7-15-10-12-6-8-17(16-12)13-4-2-11(14)3-5-13/h2-6,8,15H,7,9-10H2,1H3. The normalized spacial score (nSPS) is 10.8. The highest BCUT2D eigenvalue weighted by Gasteiger charge is 2.00. The molecule has 0 fully saturated rings. The van der Waals surface area contributed by atoms with Crippen molar-refractivity contribution in [3.8, 4) is 5.69 Å². The van der Waals surface area contributed by atoms with Crippen molar-refractivity contribution >= 4 is 11.6 Å². The van der Waals surface area contributed by atoms with Crippen molar-refractivity contribution in [2.45, 2.75) is 6.54 Å². The van der Waals surface area contributed by atoms with Gasteiger partial charge in [0, 0.05) is 31.4 Å². The van der Waals surface area contributed by atoms with Crippen LogP contribution >= 0.6 is 11.6 Å². The van der Waals surface area contributed by atoms with Crippen LogP contribution in [0.3, 0.4) is 0 Å². The summed E-state index contributed by atoms with van der Waals surface area (Å²) in [5.74, 6) is 0. The number of ether oxygens (including phenoxy) is 1. The number of halogens is 1. The number of nitrogens with one attached hydrogen (secondary N) is 1. The summed E-state index contributed by atoms with van der Waals surface area (Å²) in [5, 5.41) is 8.46. The first-order chi connectivity index (χ1) is 8.79. The van der Waals surface area contributed by atoms with Crippen LogP contribution in [0.25, 0.3) is 5.69 Å². The third-order valence-electron chi connectivity index (χ3n) is 2.52. The first-order valence-corrected chi connectivity index (χ1v) is 6.17. The Morgan fingerprint density at radius 3 is 2.78 bits per heavy atom. The molecule has 5 heteroatoms. The van der Waals surface area contributed by atoms with E-state index in [1.165, 1.54) is 0 Å². The Morgan fingerprint density at radius 1 is 1.28 bits per heavy atom. The minimum Gasteiger partial charge on any atom is -0.383 e. The second-order valence-corrected chi connectivity index (χ2v) is 4.33. The highest BCUT2D eigenvalue weighted by atomic mass is 35.5. The molecule has 0 radical (unpaired) electrons. The van der Waals surface area contributed by atoms with Crippen molar-refractivity contribution in [2.75, 3.05) is 20.3 Å². The molecule has 18 heavy (non-hydrogen) atoms. The zero-order chi connectivity index (χ0) is 12.8. The van der Waals surface area contributed by atoms with Crippen LogP contribution in [0, 0.1) is 0 Å². The summed E-state index contributed by atoms with van der Waals surface area (Å²) >= 11 is 5.85. The number of benzene rings is 1. The van der Waals surface area contributed by atoms with E-state index in [0.29, 0.717) is 6.61 Å². The first-order valence-electron chi connectivity index (χ1n) is 5.80. The lowest BCUT2D eigenvalue weighted by atomic mass is 10.3. The molecule has 1 heterocycles. The second kappa shape index (κ2) is 6.54. The lowest BCUT2D eigenvalue weighted by Gasteiger charge is -2.02. The van der Waals surface area contributed by atoms with Gasteiger partial charge in [-0.05, 0) is 30.3 Å². The van der Waals surface area contributed by atoms with E-state index in [1.54, 1.807) is 7.11 Å². The molecule has 0 bridgehead atoms. The van der Waals surface area contributed by atoms with E-state index >= 15 is 0 Å². The van der Waals surface area contributed by atoms with Gasteiger partial charge in [0.05, 0.1) is 18.0 Å². The topological polar surface area (TPSA) is 39.1 Å². The summed E-state index contributed by atoms with van der Waals surface area (Å²) in [6.07, 6.45) is 1.94. The lowest BCUT2D eigenvalue weighted by Crippen LogP contribution is -2.18. The molecule has 1 N–H and O–H groups in total. The number of hydrogen-bond donors (Lipinski definition) is 1. The second-order valence-electron chi connectivity index (χ2n) is 3.90. The SMILES string of the molecule is COCCNCc1ccn(-c2ccc(Cl)cc2)n1. The van der Waals surface area contributed by atoms with Crippen molar-refractivity contribution in [1.29, 1.82) is 0 Å². The number of aromatic nitrogens is 2. The molecule has 1 aromatic carbocycles. The van der Waals surface area contributed by atoms with Gasteiger partial charge in [0.1, 0.15) is 0 Å². The smallest absolute Gasteiger partial charge is 0.0766 e. The van der Waals surface area contributed by atoms with Gasteiger partial charge in [0.15, 0.2) is 0 Å². The molecule has 0 aliphatic heterocycles. The summed E-state index contributed by atoms with van der Waals surface area (Å²) < 4.78 is 6.80. The molecule has 0 saturated carbocycles. The molecule has 0 atom stereocenters. The van der Waals surface area contributed by atoms with E-state index in [0.717, 1.165) is 29.5 Å². The molecule has 0 aliphatic rings. The Labute approximate surface area is 112 Å².